The van der Waals surface area contributed by atoms with Gasteiger partial charge in [0.15, 0.2) is 11.9 Å². The van der Waals surface area contributed by atoms with Crippen LogP contribution in [0, 0.1) is 13.8 Å². The Balaban J connectivity index is 1.85. The Hall–Kier alpha value is -3.69. The Bertz CT molecular complexity index is 1560. The van der Waals surface area contributed by atoms with Gasteiger partial charge >= 0.3 is 0 Å². The maximum Gasteiger partial charge on any atom is 0.227 e. The van der Waals surface area contributed by atoms with Gasteiger partial charge in [0.25, 0.3) is 0 Å². The van der Waals surface area contributed by atoms with Gasteiger partial charge in [0.2, 0.25) is 5.79 Å². The number of rotatable bonds is 9. The van der Waals surface area contributed by atoms with Crippen LogP contribution in [0.3, 0.4) is 0 Å². The average molecular weight is 583 g/mol. The summed E-state index contributed by atoms with van der Waals surface area (Å²) in [7, 11) is 0. The fraction of sp³-hybridized carbons (Fsp3) is 0.306. The molecule has 4 aromatic carbocycles. The van der Waals surface area contributed by atoms with Crippen LogP contribution in [-0.4, -0.2) is 61.3 Å². The van der Waals surface area contributed by atoms with Gasteiger partial charge in [-0.25, -0.2) is 0 Å². The second kappa shape index (κ2) is 11.8. The highest BCUT2D eigenvalue weighted by molar-refractivity contribution is 5.79. The van der Waals surface area contributed by atoms with Crippen LogP contribution < -0.4 is 0 Å². The first-order valence-electron chi connectivity index (χ1n) is 14.4. The van der Waals surface area contributed by atoms with Crippen molar-refractivity contribution < 1.29 is 35.1 Å². The highest BCUT2D eigenvalue weighted by Crippen LogP contribution is 2.57. The maximum absolute atomic E-state index is 13.2. The molecule has 0 aliphatic carbocycles. The number of aldehydes is 1. The number of benzene rings is 4. The number of aliphatic hydroxyl groups excluding tert-OH is 1. The minimum Gasteiger partial charge on any atom is -0.394 e. The molecule has 1 saturated heterocycles. The Morgan fingerprint density at radius 2 is 1.16 bits per heavy atom. The van der Waals surface area contributed by atoms with E-state index in [1.54, 1.807) is 105 Å². The third kappa shape index (κ3) is 5.12. The molecule has 0 saturated carbocycles. The molecule has 224 valence electrons. The normalized spacial score (nSPS) is 28.9. The molecule has 1 unspecified atom stereocenters. The number of hydrogen-bond donors (Lipinski definition) is 5. The summed E-state index contributed by atoms with van der Waals surface area (Å²) < 4.78 is 6.27. The zero-order valence-corrected chi connectivity index (χ0v) is 24.4. The van der Waals surface area contributed by atoms with Crippen LogP contribution in [-0.2, 0) is 29.8 Å². The highest BCUT2D eigenvalue weighted by Gasteiger charge is 2.77. The number of carbonyl (C=O) groups excluding carboxylic acids is 1. The van der Waals surface area contributed by atoms with E-state index in [1.165, 1.54) is 0 Å². The van der Waals surface area contributed by atoms with Crippen LogP contribution in [0.15, 0.2) is 103 Å². The van der Waals surface area contributed by atoms with Crippen molar-refractivity contribution in [1.82, 2.24) is 0 Å². The quantitative estimate of drug-likeness (QED) is 0.191. The molecular formula is C36H38O7. The summed E-state index contributed by atoms with van der Waals surface area (Å²) in [6.45, 7) is 2.67. The molecule has 0 aromatic heterocycles. The van der Waals surface area contributed by atoms with E-state index in [1.807, 2.05) is 12.1 Å². The fourth-order valence-corrected chi connectivity index (χ4v) is 6.83. The van der Waals surface area contributed by atoms with Crippen molar-refractivity contribution in [2.75, 3.05) is 6.61 Å². The molecule has 5 atom stereocenters. The molecule has 5 N–H and O–H groups in total. The summed E-state index contributed by atoms with van der Waals surface area (Å²) in [6, 6.07) is 29.9. The number of aliphatic hydroxyl groups is 5. The summed E-state index contributed by atoms with van der Waals surface area (Å²) in [5, 5.41) is 62.5. The Labute approximate surface area is 251 Å². The average Bonchev–Trinajstić information content (AvgIpc) is 2.99. The van der Waals surface area contributed by atoms with Crippen molar-refractivity contribution >= 4 is 6.29 Å². The summed E-state index contributed by atoms with van der Waals surface area (Å²) in [4.78, 5) is 12.4. The molecule has 5 rings (SSSR count). The standard InChI is InChI=1S/C36H38O7/c1-25-18-26(2)32(30(19-25)23-37)36(42)35(41,22-29-16-10-5-11-17-29)34(40,21-28-14-8-4-9-15-28)33(39,31(24-38)43-36)20-27-12-6-3-7-13-27/h3-19,23,31,38-42H,20-22,24H2,1-2H3/t31-,33-,34+,35+,36?/m1/s1. The van der Waals surface area contributed by atoms with E-state index in [-0.39, 0.29) is 30.4 Å². The van der Waals surface area contributed by atoms with E-state index in [0.717, 1.165) is 5.56 Å². The van der Waals surface area contributed by atoms with Crippen molar-refractivity contribution in [2.24, 2.45) is 0 Å². The molecule has 0 bridgehead atoms. The first kappa shape index (κ1) is 30.8. The lowest BCUT2D eigenvalue weighted by atomic mass is 9.56. The molecule has 1 heterocycles. The smallest absolute Gasteiger partial charge is 0.227 e. The van der Waals surface area contributed by atoms with E-state index in [2.05, 4.69) is 0 Å². The van der Waals surface area contributed by atoms with Gasteiger partial charge < -0.3 is 30.3 Å². The second-order valence-electron chi connectivity index (χ2n) is 11.7. The number of carbonyl (C=O) groups is 1. The van der Waals surface area contributed by atoms with Crippen LogP contribution >= 0.6 is 0 Å². The van der Waals surface area contributed by atoms with Crippen LogP contribution in [0.4, 0.5) is 0 Å². The summed E-state index contributed by atoms with van der Waals surface area (Å²) >= 11 is 0. The molecule has 1 aliphatic heterocycles. The molecule has 0 amide bonds. The predicted octanol–water partition coefficient (Wildman–Crippen LogP) is 3.57. The molecule has 7 heteroatoms. The van der Waals surface area contributed by atoms with Gasteiger partial charge in [-0.3, -0.25) is 4.79 Å². The topological polar surface area (TPSA) is 127 Å². The van der Waals surface area contributed by atoms with Crippen molar-refractivity contribution in [1.29, 1.82) is 0 Å². The lowest BCUT2D eigenvalue weighted by molar-refractivity contribution is -0.448. The number of aryl methyl sites for hydroxylation is 2. The van der Waals surface area contributed by atoms with Gasteiger partial charge in [-0.1, -0.05) is 103 Å². The van der Waals surface area contributed by atoms with Crippen molar-refractivity contribution in [3.05, 3.63) is 142 Å². The first-order chi connectivity index (χ1) is 20.5. The minimum absolute atomic E-state index is 0.0433. The second-order valence-corrected chi connectivity index (χ2v) is 11.7. The lowest BCUT2D eigenvalue weighted by Gasteiger charge is -2.64. The maximum atomic E-state index is 13.2. The molecule has 0 spiro atoms. The molecule has 1 aliphatic rings. The molecule has 7 nitrogen and oxygen atoms in total. The van der Waals surface area contributed by atoms with Crippen molar-refractivity contribution in [3.63, 3.8) is 0 Å². The largest absolute Gasteiger partial charge is 0.394 e. The third-order valence-electron chi connectivity index (χ3n) is 8.87. The number of hydrogen-bond acceptors (Lipinski definition) is 7. The van der Waals surface area contributed by atoms with Gasteiger partial charge in [-0.05, 0) is 42.2 Å². The van der Waals surface area contributed by atoms with Crippen molar-refractivity contribution in [2.45, 2.75) is 61.8 Å². The summed E-state index contributed by atoms with van der Waals surface area (Å²) in [6.07, 6.45) is -1.92. The fourth-order valence-electron chi connectivity index (χ4n) is 6.83. The van der Waals surface area contributed by atoms with Gasteiger partial charge in [-0.2, -0.15) is 0 Å². The third-order valence-corrected chi connectivity index (χ3v) is 8.87. The molecular weight excluding hydrogens is 544 g/mol. The van der Waals surface area contributed by atoms with E-state index in [0.29, 0.717) is 28.5 Å². The Morgan fingerprint density at radius 1 is 0.698 bits per heavy atom. The van der Waals surface area contributed by atoms with Gasteiger partial charge in [-0.15, -0.1) is 0 Å². The summed E-state index contributed by atoms with van der Waals surface area (Å²) in [5.74, 6) is -2.75. The Kier molecular flexibility index (Phi) is 8.42. The van der Waals surface area contributed by atoms with E-state index in [4.69, 9.17) is 4.74 Å². The van der Waals surface area contributed by atoms with Crippen LogP contribution in [0.1, 0.15) is 43.7 Å². The van der Waals surface area contributed by atoms with Gasteiger partial charge in [0.05, 0.1) is 6.61 Å². The van der Waals surface area contributed by atoms with E-state index < -0.39 is 35.3 Å². The highest BCUT2D eigenvalue weighted by atomic mass is 16.7. The van der Waals surface area contributed by atoms with Crippen molar-refractivity contribution in [3.8, 4) is 0 Å². The SMILES string of the molecule is Cc1cc(C)c(C2(O)O[C@H](CO)[C@](O)(Cc3ccccc3)[C@@](O)(Cc3ccccc3)[C@@]2(O)Cc2ccccc2)c(C=O)c1. The summed E-state index contributed by atoms with van der Waals surface area (Å²) in [5.41, 5.74) is -4.62. The first-order valence-corrected chi connectivity index (χ1v) is 14.4. The molecule has 4 aromatic rings. The molecule has 0 radical (unpaired) electrons. The van der Waals surface area contributed by atoms with E-state index in [9.17, 15) is 30.3 Å². The zero-order chi connectivity index (χ0) is 30.9. The van der Waals surface area contributed by atoms with E-state index >= 15 is 0 Å². The molecule has 43 heavy (non-hydrogen) atoms. The molecule has 1 fully saturated rings. The monoisotopic (exact) mass is 582 g/mol. The van der Waals surface area contributed by atoms with Gasteiger partial charge in [0, 0.05) is 30.4 Å². The van der Waals surface area contributed by atoms with Gasteiger partial charge in [0.1, 0.15) is 17.3 Å². The van der Waals surface area contributed by atoms with Crippen LogP contribution in [0.2, 0.25) is 0 Å². The number of ether oxygens (including phenoxy) is 1. The minimum atomic E-state index is -2.75. The Morgan fingerprint density at radius 3 is 1.63 bits per heavy atom. The zero-order valence-electron chi connectivity index (χ0n) is 24.4. The van der Waals surface area contributed by atoms with Crippen LogP contribution in [0.25, 0.3) is 0 Å². The van der Waals surface area contributed by atoms with Crippen LogP contribution in [0.5, 0.6) is 0 Å². The predicted molar refractivity (Wildman–Crippen MR) is 162 cm³/mol. The lowest BCUT2D eigenvalue weighted by Crippen LogP contribution is -2.85.